The van der Waals surface area contributed by atoms with Crippen molar-refractivity contribution in [2.45, 2.75) is 59.7 Å². The molecule has 3 N–H and O–H groups in total. The highest BCUT2D eigenvalue weighted by Gasteiger charge is 2.15. The lowest BCUT2D eigenvalue weighted by molar-refractivity contribution is 0.0690. The largest absolute Gasteiger partial charge is 0.476 e. The van der Waals surface area contributed by atoms with Gasteiger partial charge in [-0.2, -0.15) is 0 Å². The Morgan fingerprint density at radius 3 is 1.82 bits per heavy atom. The predicted octanol–water partition coefficient (Wildman–Crippen LogP) is 4.18. The zero-order valence-corrected chi connectivity index (χ0v) is 15.4. The second-order valence-electron chi connectivity index (χ2n) is 5.73. The number of pyridine rings is 1. The van der Waals surface area contributed by atoms with Crippen molar-refractivity contribution in [3.8, 4) is 0 Å². The summed E-state index contributed by atoms with van der Waals surface area (Å²) in [5, 5.41) is 8.47. The van der Waals surface area contributed by atoms with E-state index in [1.54, 1.807) is 0 Å². The molecule has 0 aliphatic carbocycles. The molecule has 0 aliphatic heterocycles. The van der Waals surface area contributed by atoms with E-state index in [0.717, 1.165) is 0 Å². The fourth-order valence-electron chi connectivity index (χ4n) is 2.45. The third kappa shape index (κ3) is 6.38. The lowest BCUT2D eigenvalue weighted by Gasteiger charge is -2.34. The summed E-state index contributed by atoms with van der Waals surface area (Å²) in [5.41, 5.74) is 5.11. The Labute approximate surface area is 142 Å². The van der Waals surface area contributed by atoms with Gasteiger partial charge in [-0.3, -0.25) is 4.90 Å². The number of hydrogen-bond acceptors (Lipinski definition) is 4. The molecule has 1 aromatic heterocycles. The maximum atomic E-state index is 10.5. The van der Waals surface area contributed by atoms with Gasteiger partial charge in [-0.25, -0.2) is 9.78 Å². The van der Waals surface area contributed by atoms with E-state index in [1.165, 1.54) is 6.07 Å². The average molecular weight is 350 g/mol. The molecule has 0 aliphatic rings. The summed E-state index contributed by atoms with van der Waals surface area (Å²) in [6.07, 6.45) is 0. The monoisotopic (exact) mass is 349 g/mol. The maximum absolute atomic E-state index is 10.5. The molecule has 7 heteroatoms. The lowest BCUT2D eigenvalue weighted by Crippen LogP contribution is -2.42. The number of nitrogens with two attached hydrogens (primary N) is 1. The summed E-state index contributed by atoms with van der Waals surface area (Å²) >= 11 is 11.0. The van der Waals surface area contributed by atoms with Crippen molar-refractivity contribution in [2.24, 2.45) is 0 Å². The molecule has 22 heavy (non-hydrogen) atoms. The minimum Gasteiger partial charge on any atom is -0.476 e. The summed E-state index contributed by atoms with van der Waals surface area (Å²) in [6, 6.07) is 3.29. The van der Waals surface area contributed by atoms with Crippen LogP contribution >= 0.6 is 23.2 Å². The number of aromatic carboxylic acids is 1. The zero-order valence-electron chi connectivity index (χ0n) is 13.9. The molecule has 0 aromatic carbocycles. The smallest absolute Gasteiger partial charge is 0.356 e. The Morgan fingerprint density at radius 2 is 1.55 bits per heavy atom. The van der Waals surface area contributed by atoms with Crippen LogP contribution in [-0.4, -0.2) is 39.1 Å². The van der Waals surface area contributed by atoms with Crippen LogP contribution in [0.2, 0.25) is 10.2 Å². The van der Waals surface area contributed by atoms with E-state index in [9.17, 15) is 4.79 Å². The van der Waals surface area contributed by atoms with Crippen LogP contribution in [0.15, 0.2) is 6.07 Å². The van der Waals surface area contributed by atoms with Gasteiger partial charge >= 0.3 is 5.97 Å². The second-order valence-corrected chi connectivity index (χ2v) is 6.50. The molecule has 0 saturated heterocycles. The number of aromatic nitrogens is 1. The van der Waals surface area contributed by atoms with Gasteiger partial charge in [-0.05, 0) is 47.6 Å². The Balaban J connectivity index is 0.000000409. The Morgan fingerprint density at radius 1 is 1.14 bits per heavy atom. The summed E-state index contributed by atoms with van der Waals surface area (Å²) in [5.74, 6) is -1.26. The molecule has 0 atom stereocenters. The van der Waals surface area contributed by atoms with Crippen LogP contribution in [0.4, 0.5) is 5.69 Å². The molecule has 1 aromatic rings. The van der Waals surface area contributed by atoms with E-state index in [-0.39, 0.29) is 21.6 Å². The molecular formula is C15H25Cl2N3O2. The van der Waals surface area contributed by atoms with Crippen LogP contribution in [0.25, 0.3) is 0 Å². The third-order valence-electron chi connectivity index (χ3n) is 2.95. The van der Waals surface area contributed by atoms with Gasteiger partial charge in [0.2, 0.25) is 0 Å². The first-order chi connectivity index (χ1) is 9.98. The number of nitrogen functional groups attached to an aromatic ring is 1. The van der Waals surface area contributed by atoms with E-state index in [1.807, 2.05) is 0 Å². The highest BCUT2D eigenvalue weighted by atomic mass is 35.5. The standard InChI is InChI=1S/C9H21N.C6H4Cl2N2O2/c1-7(2)10(8(3)4)9(5)6;7-3-1-2(9)4(8)5(10-3)6(11)12/h7-9H,1-6H3;1H,(H2,9,10)(H,11,12). The number of carboxylic acids is 1. The van der Waals surface area contributed by atoms with Crippen molar-refractivity contribution in [2.75, 3.05) is 5.73 Å². The Kier molecular flexibility index (Phi) is 8.74. The van der Waals surface area contributed by atoms with Crippen LogP contribution in [0.3, 0.4) is 0 Å². The van der Waals surface area contributed by atoms with Crippen LogP contribution < -0.4 is 5.73 Å². The molecule has 0 bridgehead atoms. The number of halogens is 2. The fourth-order valence-corrected chi connectivity index (χ4v) is 2.83. The van der Waals surface area contributed by atoms with Crippen molar-refractivity contribution in [1.82, 2.24) is 9.88 Å². The minimum absolute atomic E-state index is 0.00861. The number of rotatable bonds is 4. The Bertz CT molecular complexity index is 487. The number of carbonyl (C=O) groups is 1. The first-order valence-corrected chi connectivity index (χ1v) is 7.86. The molecule has 0 saturated carbocycles. The van der Waals surface area contributed by atoms with Gasteiger partial charge in [0.05, 0.1) is 10.7 Å². The van der Waals surface area contributed by atoms with Crippen molar-refractivity contribution >= 4 is 34.9 Å². The normalized spacial score (nSPS) is 11.1. The number of anilines is 1. The molecule has 5 nitrogen and oxygen atoms in total. The SMILES string of the molecule is CC(C)N(C(C)C)C(C)C.Nc1cc(Cl)nc(C(=O)O)c1Cl. The Hall–Kier alpha value is -1.04. The van der Waals surface area contributed by atoms with Crippen molar-refractivity contribution in [3.05, 3.63) is 21.9 Å². The van der Waals surface area contributed by atoms with E-state index in [4.69, 9.17) is 34.0 Å². The summed E-state index contributed by atoms with van der Waals surface area (Å²) in [4.78, 5) is 16.5. The van der Waals surface area contributed by atoms with Crippen LogP contribution in [0.5, 0.6) is 0 Å². The highest BCUT2D eigenvalue weighted by molar-refractivity contribution is 6.36. The van der Waals surface area contributed by atoms with E-state index in [2.05, 4.69) is 51.4 Å². The van der Waals surface area contributed by atoms with Gasteiger partial charge in [0.15, 0.2) is 5.69 Å². The molecule has 0 unspecified atom stereocenters. The van der Waals surface area contributed by atoms with Gasteiger partial charge in [0.1, 0.15) is 5.15 Å². The summed E-state index contributed by atoms with van der Waals surface area (Å²) < 4.78 is 0. The van der Waals surface area contributed by atoms with Crippen LogP contribution in [0.1, 0.15) is 52.0 Å². The minimum atomic E-state index is -1.26. The van der Waals surface area contributed by atoms with Gasteiger partial charge in [-0.15, -0.1) is 0 Å². The molecule has 0 spiro atoms. The molecule has 1 rings (SSSR count). The molecule has 0 fully saturated rings. The van der Waals surface area contributed by atoms with E-state index in [0.29, 0.717) is 18.1 Å². The molecule has 126 valence electrons. The first-order valence-electron chi connectivity index (χ1n) is 7.11. The van der Waals surface area contributed by atoms with Gasteiger partial charge in [-0.1, -0.05) is 23.2 Å². The average Bonchev–Trinajstić information content (AvgIpc) is 2.32. The van der Waals surface area contributed by atoms with Crippen molar-refractivity contribution in [1.29, 1.82) is 0 Å². The van der Waals surface area contributed by atoms with E-state index < -0.39 is 5.97 Å². The van der Waals surface area contributed by atoms with Gasteiger partial charge < -0.3 is 10.8 Å². The molecular weight excluding hydrogens is 325 g/mol. The van der Waals surface area contributed by atoms with Gasteiger partial charge in [0, 0.05) is 18.1 Å². The summed E-state index contributed by atoms with van der Waals surface area (Å²) in [6.45, 7) is 13.5. The van der Waals surface area contributed by atoms with Crippen LogP contribution in [0, 0.1) is 0 Å². The number of carboxylic acid groups (broad SMARTS) is 1. The molecule has 0 radical (unpaired) electrons. The summed E-state index contributed by atoms with van der Waals surface area (Å²) in [7, 11) is 0. The number of nitrogens with zero attached hydrogens (tertiary/aromatic N) is 2. The van der Waals surface area contributed by atoms with Crippen molar-refractivity contribution in [3.63, 3.8) is 0 Å². The first kappa shape index (κ1) is 21.0. The van der Waals surface area contributed by atoms with E-state index >= 15 is 0 Å². The lowest BCUT2D eigenvalue weighted by atomic mass is 10.2. The topological polar surface area (TPSA) is 79.5 Å². The third-order valence-corrected chi connectivity index (χ3v) is 3.54. The van der Waals surface area contributed by atoms with Crippen molar-refractivity contribution < 1.29 is 9.90 Å². The highest BCUT2D eigenvalue weighted by Crippen LogP contribution is 2.24. The molecule has 0 amide bonds. The molecule has 1 heterocycles. The number of hydrogen-bond donors (Lipinski definition) is 2. The second kappa shape index (κ2) is 9.18. The zero-order chi connectivity index (χ0) is 17.6. The predicted molar refractivity (Wildman–Crippen MR) is 92.9 cm³/mol. The fraction of sp³-hybridized carbons (Fsp3) is 0.600. The quantitative estimate of drug-likeness (QED) is 0.796. The van der Waals surface area contributed by atoms with Gasteiger partial charge in [0.25, 0.3) is 0 Å². The van der Waals surface area contributed by atoms with Crippen LogP contribution in [-0.2, 0) is 0 Å². The maximum Gasteiger partial charge on any atom is 0.356 e.